The molecule has 0 radical (unpaired) electrons. The van der Waals surface area contributed by atoms with Gasteiger partial charge in [-0.2, -0.15) is 5.90 Å². The van der Waals surface area contributed by atoms with E-state index in [0.717, 1.165) is 28.1 Å². The van der Waals surface area contributed by atoms with Crippen LogP contribution in [0.5, 0.6) is 0 Å². The number of rotatable bonds is 7. The Morgan fingerprint density at radius 3 is 2.23 bits per heavy atom. The summed E-state index contributed by atoms with van der Waals surface area (Å²) in [6, 6.07) is 18.8. The minimum absolute atomic E-state index is 0.339. The van der Waals surface area contributed by atoms with Crippen LogP contribution in [0.3, 0.4) is 0 Å². The summed E-state index contributed by atoms with van der Waals surface area (Å²) >= 11 is 0.991. The molecule has 0 heterocycles. The molecule has 0 unspecified atom stereocenters. The van der Waals surface area contributed by atoms with Crippen LogP contribution in [-0.4, -0.2) is 11.6 Å². The quantitative estimate of drug-likeness (QED) is 0.200. The fraction of sp³-hybridized carbons (Fsp3) is 0.174. The maximum Gasteiger partial charge on any atom is 0.340 e. The van der Waals surface area contributed by atoms with Crippen LogP contribution in [0.1, 0.15) is 31.1 Å². The highest BCUT2D eigenvalue weighted by Crippen LogP contribution is 2.31. The summed E-state index contributed by atoms with van der Waals surface area (Å²) in [5, 5.41) is 3.19. The molecule has 0 amide bonds. The molecule has 6 nitrogen and oxygen atoms in total. The Bertz CT molecular complexity index is 1030. The minimum Gasteiger partial charge on any atom is -0.456 e. The lowest BCUT2D eigenvalue weighted by molar-refractivity contribution is -0.195. The van der Waals surface area contributed by atoms with Crippen molar-refractivity contribution in [1.29, 1.82) is 0 Å². The second kappa shape index (κ2) is 9.93. The predicted molar refractivity (Wildman–Crippen MR) is 119 cm³/mol. The monoisotopic (exact) mass is 442 g/mol. The fourth-order valence-electron chi connectivity index (χ4n) is 2.79. The Morgan fingerprint density at radius 1 is 0.968 bits per heavy atom. The molecule has 0 aliphatic carbocycles. The van der Waals surface area contributed by atoms with Crippen LogP contribution < -0.4 is 11.2 Å². The largest absolute Gasteiger partial charge is 0.456 e. The summed E-state index contributed by atoms with van der Waals surface area (Å²) in [5.74, 6) is 4.06. The van der Waals surface area contributed by atoms with E-state index >= 15 is 0 Å². The number of halogens is 1. The molecule has 0 atom stereocenters. The molecule has 0 fully saturated rings. The third-order valence-electron chi connectivity index (χ3n) is 4.12. The van der Waals surface area contributed by atoms with E-state index in [9.17, 15) is 9.18 Å². The first-order valence-corrected chi connectivity index (χ1v) is 10.2. The molecule has 0 saturated carbocycles. The van der Waals surface area contributed by atoms with E-state index in [4.69, 9.17) is 10.6 Å². The lowest BCUT2D eigenvalue weighted by Crippen LogP contribution is -2.24. The second-order valence-corrected chi connectivity index (χ2v) is 8.44. The first-order valence-electron chi connectivity index (χ1n) is 9.46. The van der Waals surface area contributed by atoms with Crippen LogP contribution in [0.15, 0.2) is 71.6 Å². The van der Waals surface area contributed by atoms with Crippen LogP contribution in [0.2, 0.25) is 0 Å². The van der Waals surface area contributed by atoms with Crippen LogP contribution in [-0.2, 0) is 14.1 Å². The van der Waals surface area contributed by atoms with E-state index in [0.29, 0.717) is 16.9 Å². The van der Waals surface area contributed by atoms with Gasteiger partial charge in [0.05, 0.1) is 23.3 Å². The molecule has 3 aromatic rings. The number of benzene rings is 3. The normalized spacial score (nSPS) is 11.3. The van der Waals surface area contributed by atoms with Crippen molar-refractivity contribution in [3.63, 3.8) is 0 Å². The van der Waals surface area contributed by atoms with Crippen molar-refractivity contribution in [2.45, 2.75) is 31.3 Å². The molecular formula is C23H23FN2O4S. The molecule has 0 saturated heterocycles. The zero-order chi connectivity index (χ0) is 22.4. The van der Waals surface area contributed by atoms with Crippen LogP contribution in [0.4, 0.5) is 15.8 Å². The fourth-order valence-corrected chi connectivity index (χ4v) is 3.15. The zero-order valence-corrected chi connectivity index (χ0v) is 18.2. The van der Waals surface area contributed by atoms with E-state index in [1.807, 2.05) is 57.2 Å². The van der Waals surface area contributed by atoms with Crippen molar-refractivity contribution >= 4 is 29.4 Å². The Kier molecular flexibility index (Phi) is 7.29. The molecule has 31 heavy (non-hydrogen) atoms. The Labute approximate surface area is 184 Å². The SMILES string of the molecule is CC(C)(C)OC(=O)c1ccc(-c2ccc(SOON)cc2)cc1Nc1ccc(F)cc1. The number of ether oxygens (including phenoxy) is 1. The van der Waals surface area contributed by atoms with Gasteiger partial charge in [0, 0.05) is 10.6 Å². The minimum atomic E-state index is -0.633. The smallest absolute Gasteiger partial charge is 0.340 e. The Balaban J connectivity index is 1.95. The standard InChI is InChI=1S/C23H23FN2O4S/c1-23(2,3)28-22(27)20-13-6-16(15-4-11-19(12-5-15)31-30-29-25)14-21(20)26-18-9-7-17(24)8-10-18/h4-14,26H,25H2,1-3H3. The van der Waals surface area contributed by atoms with Crippen molar-refractivity contribution < 1.29 is 23.2 Å². The third-order valence-corrected chi connectivity index (χ3v) is 4.73. The second-order valence-electron chi connectivity index (χ2n) is 7.67. The van der Waals surface area contributed by atoms with Crippen LogP contribution in [0.25, 0.3) is 11.1 Å². The summed E-state index contributed by atoms with van der Waals surface area (Å²) in [6.07, 6.45) is 0. The van der Waals surface area contributed by atoms with Crippen molar-refractivity contribution in [3.8, 4) is 11.1 Å². The number of hydrogen-bond donors (Lipinski definition) is 2. The summed E-state index contributed by atoms with van der Waals surface area (Å²) in [7, 11) is 0. The molecule has 8 heteroatoms. The lowest BCUT2D eigenvalue weighted by atomic mass is 10.0. The summed E-state index contributed by atoms with van der Waals surface area (Å²) in [4.78, 5) is 17.7. The van der Waals surface area contributed by atoms with Gasteiger partial charge in [0.2, 0.25) is 0 Å². The molecule has 0 aliphatic rings. The molecule has 0 aliphatic heterocycles. The van der Waals surface area contributed by atoms with Gasteiger partial charge in [-0.25, -0.2) is 9.18 Å². The summed E-state index contributed by atoms with van der Waals surface area (Å²) < 4.78 is 23.5. The third kappa shape index (κ3) is 6.53. The molecule has 3 rings (SSSR count). The van der Waals surface area contributed by atoms with E-state index < -0.39 is 11.6 Å². The van der Waals surface area contributed by atoms with Gasteiger partial charge < -0.3 is 10.1 Å². The molecule has 162 valence electrons. The van der Waals surface area contributed by atoms with Crippen molar-refractivity contribution in [1.82, 2.24) is 0 Å². The number of carbonyl (C=O) groups is 1. The van der Waals surface area contributed by atoms with Gasteiger partial charge in [0.1, 0.15) is 11.4 Å². The summed E-state index contributed by atoms with van der Waals surface area (Å²) in [5.41, 5.74) is 2.75. The van der Waals surface area contributed by atoms with E-state index in [1.54, 1.807) is 18.2 Å². The van der Waals surface area contributed by atoms with E-state index in [1.165, 1.54) is 12.1 Å². The molecule has 3 N–H and O–H groups in total. The summed E-state index contributed by atoms with van der Waals surface area (Å²) in [6.45, 7) is 5.43. The molecular weight excluding hydrogens is 419 g/mol. The first-order chi connectivity index (χ1) is 14.7. The highest BCUT2D eigenvalue weighted by Gasteiger charge is 2.21. The number of esters is 1. The van der Waals surface area contributed by atoms with E-state index in [-0.39, 0.29) is 5.82 Å². The number of hydrogen-bond acceptors (Lipinski definition) is 7. The maximum absolute atomic E-state index is 13.3. The van der Waals surface area contributed by atoms with Gasteiger partial charge >= 0.3 is 5.97 Å². The predicted octanol–water partition coefficient (Wildman–Crippen LogP) is 6.02. The van der Waals surface area contributed by atoms with Crippen LogP contribution in [0, 0.1) is 5.82 Å². The number of carbonyl (C=O) groups excluding carboxylic acids is 1. The van der Waals surface area contributed by atoms with Gasteiger partial charge in [0.15, 0.2) is 0 Å². The first kappa shape index (κ1) is 22.8. The number of nitrogens with two attached hydrogens (primary N) is 1. The highest BCUT2D eigenvalue weighted by molar-refractivity contribution is 7.94. The lowest BCUT2D eigenvalue weighted by Gasteiger charge is -2.21. The molecule has 3 aromatic carbocycles. The van der Waals surface area contributed by atoms with Crippen LogP contribution >= 0.6 is 12.0 Å². The van der Waals surface area contributed by atoms with Gasteiger partial charge in [0.25, 0.3) is 0 Å². The van der Waals surface area contributed by atoms with Gasteiger partial charge in [-0.3, -0.25) is 0 Å². The maximum atomic E-state index is 13.3. The van der Waals surface area contributed by atoms with Crippen molar-refractivity contribution in [3.05, 3.63) is 78.1 Å². The molecule has 0 bridgehead atoms. The van der Waals surface area contributed by atoms with Crippen molar-refractivity contribution in [2.75, 3.05) is 5.32 Å². The topological polar surface area (TPSA) is 82.8 Å². The van der Waals surface area contributed by atoms with Gasteiger partial charge in [-0.1, -0.05) is 18.2 Å². The average molecular weight is 443 g/mol. The highest BCUT2D eigenvalue weighted by atomic mass is 32.2. The molecule has 0 spiro atoms. The number of nitrogens with one attached hydrogen (secondary N) is 1. The van der Waals surface area contributed by atoms with E-state index in [2.05, 4.69) is 14.6 Å². The average Bonchev–Trinajstić information content (AvgIpc) is 2.73. The Hall–Kier alpha value is -2.91. The van der Waals surface area contributed by atoms with Gasteiger partial charge in [-0.05, 0) is 80.4 Å². The molecule has 0 aromatic heterocycles. The van der Waals surface area contributed by atoms with Crippen molar-refractivity contribution in [2.24, 2.45) is 5.90 Å². The zero-order valence-electron chi connectivity index (χ0n) is 17.3. The Morgan fingerprint density at radius 2 is 1.61 bits per heavy atom. The number of anilines is 2. The van der Waals surface area contributed by atoms with Gasteiger partial charge in [-0.15, -0.1) is 9.32 Å².